The summed E-state index contributed by atoms with van der Waals surface area (Å²) in [6.45, 7) is 6.95. The largest absolute Gasteiger partial charge is 0.360 e. The lowest BCUT2D eigenvalue weighted by atomic mass is 9.76. The number of ether oxygens (including phenoxy) is 1. The molecular formula is C23H30N2O3. The highest BCUT2D eigenvalue weighted by molar-refractivity contribution is 6.03. The van der Waals surface area contributed by atoms with Gasteiger partial charge in [0.2, 0.25) is 11.8 Å². The number of carbonyl (C=O) groups is 2. The van der Waals surface area contributed by atoms with Crippen molar-refractivity contribution in [1.29, 1.82) is 0 Å². The number of hydrogen-bond donors (Lipinski definition) is 1. The number of benzene rings is 1. The van der Waals surface area contributed by atoms with Crippen molar-refractivity contribution < 1.29 is 14.3 Å². The van der Waals surface area contributed by atoms with E-state index in [1.165, 1.54) is 0 Å². The monoisotopic (exact) mass is 382 g/mol. The van der Waals surface area contributed by atoms with Crippen LogP contribution in [-0.4, -0.2) is 36.1 Å². The highest BCUT2D eigenvalue weighted by Crippen LogP contribution is 2.52. The molecule has 2 fully saturated rings. The molecule has 150 valence electrons. The van der Waals surface area contributed by atoms with E-state index in [-0.39, 0.29) is 24.0 Å². The van der Waals surface area contributed by atoms with Crippen LogP contribution >= 0.6 is 0 Å². The predicted molar refractivity (Wildman–Crippen MR) is 109 cm³/mol. The van der Waals surface area contributed by atoms with Gasteiger partial charge in [0.1, 0.15) is 5.60 Å². The summed E-state index contributed by atoms with van der Waals surface area (Å²) >= 11 is 0. The van der Waals surface area contributed by atoms with Crippen molar-refractivity contribution in [2.45, 2.75) is 57.8 Å². The first-order chi connectivity index (χ1) is 13.4. The maximum absolute atomic E-state index is 13.3. The first kappa shape index (κ1) is 19.2. The van der Waals surface area contributed by atoms with Gasteiger partial charge in [0, 0.05) is 11.7 Å². The van der Waals surface area contributed by atoms with Crippen LogP contribution in [-0.2, 0) is 14.3 Å². The minimum Gasteiger partial charge on any atom is -0.360 e. The van der Waals surface area contributed by atoms with Gasteiger partial charge < -0.3 is 15.0 Å². The molecule has 0 unspecified atom stereocenters. The topological polar surface area (TPSA) is 58.6 Å². The summed E-state index contributed by atoms with van der Waals surface area (Å²) in [5.74, 6) is -0.275. The van der Waals surface area contributed by atoms with E-state index in [0.29, 0.717) is 12.5 Å². The molecule has 1 aromatic rings. The molecule has 2 bridgehead atoms. The van der Waals surface area contributed by atoms with Crippen LogP contribution in [0, 0.1) is 17.8 Å². The first-order valence-corrected chi connectivity index (χ1v) is 10.5. The summed E-state index contributed by atoms with van der Waals surface area (Å²) < 4.78 is 6.20. The zero-order valence-electron chi connectivity index (χ0n) is 16.9. The Bertz CT molecular complexity index is 775. The van der Waals surface area contributed by atoms with Crippen molar-refractivity contribution in [1.82, 2.24) is 5.32 Å². The molecule has 3 aliphatic rings. The standard InChI is InChI=1S/C23H30N2O3/c1-15(2)8-7-9-16(3)24-21(26)19-18-12-13-23(28-18)14-25(22(27)20(19)23)17-10-5-4-6-11-17/h4-6,10-13,15-16,18-20H,7-9,14H2,1-3H3,(H,24,26)/t16-,18+,19-,20+,23-/m0/s1. The van der Waals surface area contributed by atoms with Gasteiger partial charge in [-0.2, -0.15) is 0 Å². The number of amides is 2. The Hall–Kier alpha value is -2.14. The Kier molecular flexibility index (Phi) is 5.04. The smallest absolute Gasteiger partial charge is 0.234 e. The van der Waals surface area contributed by atoms with Crippen LogP contribution in [0.3, 0.4) is 0 Å². The van der Waals surface area contributed by atoms with Crippen molar-refractivity contribution >= 4 is 17.5 Å². The molecule has 3 heterocycles. The van der Waals surface area contributed by atoms with Crippen molar-refractivity contribution in [3.05, 3.63) is 42.5 Å². The number of nitrogens with zero attached hydrogens (tertiary/aromatic N) is 1. The van der Waals surface area contributed by atoms with Crippen molar-refractivity contribution in [2.24, 2.45) is 17.8 Å². The molecule has 4 rings (SSSR count). The fourth-order valence-electron chi connectivity index (χ4n) is 4.87. The summed E-state index contributed by atoms with van der Waals surface area (Å²) in [6.07, 6.45) is 6.88. The highest BCUT2D eigenvalue weighted by Gasteiger charge is 2.67. The van der Waals surface area contributed by atoms with E-state index in [1.54, 1.807) is 4.90 Å². The second-order valence-corrected chi connectivity index (χ2v) is 8.89. The van der Waals surface area contributed by atoms with E-state index in [1.807, 2.05) is 49.4 Å². The predicted octanol–water partition coefficient (Wildman–Crippen LogP) is 3.30. The van der Waals surface area contributed by atoms with E-state index >= 15 is 0 Å². The van der Waals surface area contributed by atoms with Crippen LogP contribution in [0.15, 0.2) is 42.5 Å². The third-order valence-electron chi connectivity index (χ3n) is 6.28. The average Bonchev–Trinajstić information content (AvgIpc) is 3.30. The third-order valence-corrected chi connectivity index (χ3v) is 6.28. The molecule has 5 nitrogen and oxygen atoms in total. The lowest BCUT2D eigenvalue weighted by Gasteiger charge is -2.25. The molecule has 2 amide bonds. The Labute approximate surface area is 167 Å². The summed E-state index contributed by atoms with van der Waals surface area (Å²) in [7, 11) is 0. The average molecular weight is 383 g/mol. The van der Waals surface area contributed by atoms with Gasteiger partial charge in [0.25, 0.3) is 0 Å². The van der Waals surface area contributed by atoms with E-state index < -0.39 is 17.4 Å². The van der Waals surface area contributed by atoms with Gasteiger partial charge >= 0.3 is 0 Å². The normalized spacial score (nSPS) is 31.5. The fourth-order valence-corrected chi connectivity index (χ4v) is 4.87. The van der Waals surface area contributed by atoms with E-state index in [4.69, 9.17) is 4.74 Å². The molecule has 0 saturated carbocycles. The van der Waals surface area contributed by atoms with E-state index in [9.17, 15) is 9.59 Å². The molecule has 3 aliphatic heterocycles. The first-order valence-electron chi connectivity index (χ1n) is 10.5. The maximum Gasteiger partial charge on any atom is 0.234 e. The van der Waals surface area contributed by atoms with Gasteiger partial charge in [0.15, 0.2) is 0 Å². The van der Waals surface area contributed by atoms with Gasteiger partial charge in [-0.15, -0.1) is 0 Å². The zero-order chi connectivity index (χ0) is 19.9. The Morgan fingerprint density at radius 1 is 1.25 bits per heavy atom. The lowest BCUT2D eigenvalue weighted by Crippen LogP contribution is -2.46. The molecule has 5 atom stereocenters. The maximum atomic E-state index is 13.3. The third kappa shape index (κ3) is 3.26. The summed E-state index contributed by atoms with van der Waals surface area (Å²) in [6, 6.07) is 9.74. The summed E-state index contributed by atoms with van der Waals surface area (Å²) in [5, 5.41) is 3.14. The number of nitrogens with one attached hydrogen (secondary N) is 1. The van der Waals surface area contributed by atoms with Gasteiger partial charge in [-0.25, -0.2) is 0 Å². The zero-order valence-corrected chi connectivity index (χ0v) is 16.9. The number of carbonyl (C=O) groups excluding carboxylic acids is 2. The SMILES string of the molecule is CC(C)CCC[C@H](C)NC(=O)[C@H]1[C@H]2C=C[C@@]3(CN(c4ccccc4)C(=O)[C@@H]13)O2. The number of anilines is 1. The van der Waals surface area contributed by atoms with Crippen molar-refractivity contribution in [2.75, 3.05) is 11.4 Å². The minimum absolute atomic E-state index is 0.00865. The molecule has 1 spiro atoms. The molecule has 1 aromatic carbocycles. The number of rotatable bonds is 7. The molecule has 0 aliphatic carbocycles. The molecule has 28 heavy (non-hydrogen) atoms. The number of fused-ring (bicyclic) bond motifs is 1. The van der Waals surface area contributed by atoms with Gasteiger partial charge in [-0.1, -0.05) is 57.0 Å². The van der Waals surface area contributed by atoms with Crippen LogP contribution in [0.2, 0.25) is 0 Å². The van der Waals surface area contributed by atoms with E-state index in [2.05, 4.69) is 19.2 Å². The van der Waals surface area contributed by atoms with Crippen LogP contribution in [0.4, 0.5) is 5.69 Å². The van der Waals surface area contributed by atoms with Crippen LogP contribution < -0.4 is 10.2 Å². The molecular weight excluding hydrogens is 352 g/mol. The van der Waals surface area contributed by atoms with Crippen LogP contribution in [0.25, 0.3) is 0 Å². The molecule has 0 aromatic heterocycles. The van der Waals surface area contributed by atoms with Gasteiger partial charge in [0.05, 0.1) is 24.5 Å². The van der Waals surface area contributed by atoms with Gasteiger partial charge in [-0.05, 0) is 31.4 Å². The summed E-state index contributed by atoms with van der Waals surface area (Å²) in [4.78, 5) is 28.1. The van der Waals surface area contributed by atoms with Crippen molar-refractivity contribution in [3.8, 4) is 0 Å². The van der Waals surface area contributed by atoms with E-state index in [0.717, 1.165) is 24.9 Å². The Morgan fingerprint density at radius 3 is 2.71 bits per heavy atom. The molecule has 5 heteroatoms. The van der Waals surface area contributed by atoms with Gasteiger partial charge in [-0.3, -0.25) is 9.59 Å². The van der Waals surface area contributed by atoms with Crippen LogP contribution in [0.5, 0.6) is 0 Å². The second kappa shape index (κ2) is 7.36. The fraction of sp³-hybridized carbons (Fsp3) is 0.565. The highest BCUT2D eigenvalue weighted by atomic mass is 16.5. The lowest BCUT2D eigenvalue weighted by molar-refractivity contribution is -0.132. The Balaban J connectivity index is 1.47. The van der Waals surface area contributed by atoms with Crippen molar-refractivity contribution in [3.63, 3.8) is 0 Å². The summed E-state index contributed by atoms with van der Waals surface area (Å²) in [5.41, 5.74) is 0.193. The number of para-hydroxylation sites is 1. The van der Waals surface area contributed by atoms with Crippen LogP contribution in [0.1, 0.15) is 40.0 Å². The number of hydrogen-bond acceptors (Lipinski definition) is 3. The second-order valence-electron chi connectivity index (χ2n) is 8.89. The quantitative estimate of drug-likeness (QED) is 0.736. The molecule has 1 N–H and O–H groups in total. The Morgan fingerprint density at radius 2 is 2.00 bits per heavy atom. The minimum atomic E-state index is -0.666. The molecule has 0 radical (unpaired) electrons. The molecule has 2 saturated heterocycles.